The van der Waals surface area contributed by atoms with Crippen LogP contribution in [0, 0.1) is 5.92 Å². The Hall–Kier alpha value is -0.370. The van der Waals surface area contributed by atoms with Crippen LogP contribution in [-0.2, 0) is 0 Å². The van der Waals surface area contributed by atoms with Crippen LogP contribution in [0.3, 0.4) is 0 Å². The Kier molecular flexibility index (Phi) is 2.44. The molecule has 0 spiro atoms. The predicted octanol–water partition coefficient (Wildman–Crippen LogP) is 2.91. The summed E-state index contributed by atoms with van der Waals surface area (Å²) < 4.78 is 5.18. The Balaban J connectivity index is 2.68. The van der Waals surface area contributed by atoms with Gasteiger partial charge in [0, 0.05) is 0 Å². The van der Waals surface area contributed by atoms with Gasteiger partial charge in [-0.2, -0.15) is 12.6 Å². The van der Waals surface area contributed by atoms with Crippen LogP contribution < -0.4 is 0 Å². The van der Waals surface area contributed by atoms with E-state index in [0.717, 1.165) is 5.76 Å². The van der Waals surface area contributed by atoms with E-state index >= 15 is 0 Å². The molecule has 1 nitrogen and oxygen atoms in total. The van der Waals surface area contributed by atoms with Crippen molar-refractivity contribution in [2.24, 2.45) is 5.92 Å². The summed E-state index contributed by atoms with van der Waals surface area (Å²) in [4.78, 5) is 0. The van der Waals surface area contributed by atoms with Gasteiger partial charge in [-0.15, -0.1) is 0 Å². The van der Waals surface area contributed by atoms with Gasteiger partial charge in [0.2, 0.25) is 0 Å². The molecule has 0 saturated carbocycles. The molecule has 0 N–H and O–H groups in total. The topological polar surface area (TPSA) is 13.1 Å². The Bertz CT molecular complexity index is 179. The molecular formula is C8H12OS. The van der Waals surface area contributed by atoms with E-state index in [-0.39, 0.29) is 5.25 Å². The normalized spacial score (nSPS) is 14.0. The van der Waals surface area contributed by atoms with Gasteiger partial charge in [0.15, 0.2) is 0 Å². The maximum atomic E-state index is 5.18. The smallest absolute Gasteiger partial charge is 0.116 e. The molecule has 10 heavy (non-hydrogen) atoms. The van der Waals surface area contributed by atoms with Crippen molar-refractivity contribution in [1.82, 2.24) is 0 Å². The molecule has 0 aliphatic carbocycles. The van der Waals surface area contributed by atoms with Crippen LogP contribution in [0.2, 0.25) is 0 Å². The molecule has 1 aromatic heterocycles. The SMILES string of the molecule is CC(C)C(S)c1ccco1. The van der Waals surface area contributed by atoms with Crippen LogP contribution in [0.25, 0.3) is 0 Å². The first-order valence-electron chi connectivity index (χ1n) is 3.43. The van der Waals surface area contributed by atoms with Crippen molar-refractivity contribution in [1.29, 1.82) is 0 Å². The van der Waals surface area contributed by atoms with Crippen molar-refractivity contribution < 1.29 is 4.42 Å². The first kappa shape index (κ1) is 7.73. The molecule has 0 aromatic carbocycles. The predicted molar refractivity (Wildman–Crippen MR) is 45.3 cm³/mol. The molecule has 0 aliphatic rings. The first-order chi connectivity index (χ1) is 4.72. The molecule has 1 heterocycles. The van der Waals surface area contributed by atoms with E-state index in [0.29, 0.717) is 5.92 Å². The summed E-state index contributed by atoms with van der Waals surface area (Å²) in [5.74, 6) is 1.48. The van der Waals surface area contributed by atoms with Gasteiger partial charge in [0.05, 0.1) is 11.5 Å². The summed E-state index contributed by atoms with van der Waals surface area (Å²) in [7, 11) is 0. The lowest BCUT2D eigenvalue weighted by Gasteiger charge is -2.10. The standard InChI is InChI=1S/C8H12OS/c1-6(2)8(10)7-4-3-5-9-7/h3-6,8,10H,1-2H3. The second-order valence-electron chi connectivity index (χ2n) is 2.70. The first-order valence-corrected chi connectivity index (χ1v) is 3.95. The minimum Gasteiger partial charge on any atom is -0.468 e. The van der Waals surface area contributed by atoms with Gasteiger partial charge in [-0.05, 0) is 18.1 Å². The van der Waals surface area contributed by atoms with Crippen molar-refractivity contribution in [2.45, 2.75) is 19.1 Å². The quantitative estimate of drug-likeness (QED) is 0.650. The summed E-state index contributed by atoms with van der Waals surface area (Å²) in [6, 6.07) is 3.85. The molecule has 2 heteroatoms. The number of rotatable bonds is 2. The molecule has 1 atom stereocenters. The van der Waals surface area contributed by atoms with E-state index < -0.39 is 0 Å². The largest absolute Gasteiger partial charge is 0.468 e. The number of hydrogen-bond acceptors (Lipinski definition) is 2. The summed E-state index contributed by atoms with van der Waals surface area (Å²) >= 11 is 4.39. The van der Waals surface area contributed by atoms with E-state index in [1.807, 2.05) is 12.1 Å². The van der Waals surface area contributed by atoms with Crippen molar-refractivity contribution >= 4 is 12.6 Å². The molecule has 1 aromatic rings. The van der Waals surface area contributed by atoms with Gasteiger partial charge in [-0.25, -0.2) is 0 Å². The zero-order valence-corrected chi connectivity index (χ0v) is 7.14. The zero-order chi connectivity index (χ0) is 7.56. The van der Waals surface area contributed by atoms with Crippen molar-refractivity contribution in [3.63, 3.8) is 0 Å². The minimum absolute atomic E-state index is 0.231. The second kappa shape index (κ2) is 3.15. The number of thiol groups is 1. The maximum absolute atomic E-state index is 5.18. The van der Waals surface area contributed by atoms with E-state index in [1.54, 1.807) is 6.26 Å². The van der Waals surface area contributed by atoms with Gasteiger partial charge in [-0.3, -0.25) is 0 Å². The Morgan fingerprint density at radius 2 is 2.20 bits per heavy atom. The maximum Gasteiger partial charge on any atom is 0.116 e. The summed E-state index contributed by atoms with van der Waals surface area (Å²) in [6.45, 7) is 4.25. The van der Waals surface area contributed by atoms with Crippen LogP contribution in [0.15, 0.2) is 22.8 Å². The molecule has 0 bridgehead atoms. The lowest BCUT2D eigenvalue weighted by molar-refractivity contribution is 0.467. The highest BCUT2D eigenvalue weighted by Crippen LogP contribution is 2.27. The van der Waals surface area contributed by atoms with Crippen LogP contribution in [0.4, 0.5) is 0 Å². The van der Waals surface area contributed by atoms with Gasteiger partial charge >= 0.3 is 0 Å². The Morgan fingerprint density at radius 3 is 2.60 bits per heavy atom. The highest BCUT2D eigenvalue weighted by molar-refractivity contribution is 7.80. The lowest BCUT2D eigenvalue weighted by Crippen LogP contribution is -1.96. The molecule has 0 aliphatic heterocycles. The summed E-state index contributed by atoms with van der Waals surface area (Å²) in [5.41, 5.74) is 0. The van der Waals surface area contributed by atoms with Gasteiger partial charge in [0.1, 0.15) is 5.76 Å². The molecule has 0 saturated heterocycles. The number of furan rings is 1. The average Bonchev–Trinajstić information content (AvgIpc) is 2.36. The molecule has 1 rings (SSSR count). The molecule has 0 fully saturated rings. The van der Waals surface area contributed by atoms with E-state index in [1.165, 1.54) is 0 Å². The zero-order valence-electron chi connectivity index (χ0n) is 6.24. The monoisotopic (exact) mass is 156 g/mol. The fraction of sp³-hybridized carbons (Fsp3) is 0.500. The Morgan fingerprint density at radius 1 is 1.50 bits per heavy atom. The van der Waals surface area contributed by atoms with Crippen LogP contribution in [0.5, 0.6) is 0 Å². The average molecular weight is 156 g/mol. The van der Waals surface area contributed by atoms with E-state index in [4.69, 9.17) is 4.42 Å². The number of hydrogen-bond donors (Lipinski definition) is 1. The summed E-state index contributed by atoms with van der Waals surface area (Å²) in [6.07, 6.45) is 1.68. The second-order valence-corrected chi connectivity index (χ2v) is 3.26. The van der Waals surface area contributed by atoms with E-state index in [9.17, 15) is 0 Å². The van der Waals surface area contributed by atoms with Gasteiger partial charge < -0.3 is 4.42 Å². The van der Waals surface area contributed by atoms with Crippen molar-refractivity contribution in [3.05, 3.63) is 24.2 Å². The highest BCUT2D eigenvalue weighted by atomic mass is 32.1. The summed E-state index contributed by atoms with van der Waals surface area (Å²) in [5, 5.41) is 0.231. The fourth-order valence-electron chi connectivity index (χ4n) is 0.788. The molecule has 0 radical (unpaired) electrons. The third kappa shape index (κ3) is 1.57. The molecule has 1 unspecified atom stereocenters. The fourth-order valence-corrected chi connectivity index (χ4v) is 0.935. The van der Waals surface area contributed by atoms with Gasteiger partial charge in [-0.1, -0.05) is 13.8 Å². The Labute approximate surface area is 66.8 Å². The molecule has 0 amide bonds. The van der Waals surface area contributed by atoms with Crippen LogP contribution >= 0.6 is 12.6 Å². The van der Waals surface area contributed by atoms with Crippen molar-refractivity contribution in [2.75, 3.05) is 0 Å². The lowest BCUT2D eigenvalue weighted by atomic mass is 10.1. The molecule has 56 valence electrons. The third-order valence-corrected chi connectivity index (χ3v) is 2.32. The van der Waals surface area contributed by atoms with Crippen LogP contribution in [-0.4, -0.2) is 0 Å². The van der Waals surface area contributed by atoms with Crippen molar-refractivity contribution in [3.8, 4) is 0 Å². The van der Waals surface area contributed by atoms with Crippen LogP contribution in [0.1, 0.15) is 24.9 Å². The third-order valence-electron chi connectivity index (χ3n) is 1.47. The van der Waals surface area contributed by atoms with Gasteiger partial charge in [0.25, 0.3) is 0 Å². The molecular weight excluding hydrogens is 144 g/mol. The van der Waals surface area contributed by atoms with E-state index in [2.05, 4.69) is 26.5 Å². The minimum atomic E-state index is 0.231. The highest BCUT2D eigenvalue weighted by Gasteiger charge is 2.12.